The molecule has 2 N–H and O–H groups in total. The fourth-order valence-corrected chi connectivity index (χ4v) is 3.30. The van der Waals surface area contributed by atoms with Crippen LogP contribution in [0.25, 0.3) is 0 Å². The van der Waals surface area contributed by atoms with Crippen LogP contribution >= 0.6 is 27.5 Å². The highest BCUT2D eigenvalue weighted by atomic mass is 79.9. The van der Waals surface area contributed by atoms with Crippen molar-refractivity contribution >= 4 is 33.2 Å². The van der Waals surface area contributed by atoms with Gasteiger partial charge in [-0.1, -0.05) is 39.7 Å². The number of nitrogen functional groups attached to an aromatic ring is 1. The summed E-state index contributed by atoms with van der Waals surface area (Å²) >= 11 is 9.58. The first-order chi connectivity index (χ1) is 10.6. The van der Waals surface area contributed by atoms with Crippen LogP contribution in [0.5, 0.6) is 0 Å². The Labute approximate surface area is 142 Å². The number of halogens is 2. The first-order valence-corrected chi connectivity index (χ1v) is 8.06. The van der Waals surface area contributed by atoms with E-state index in [-0.39, 0.29) is 0 Å². The Balaban J connectivity index is 1.81. The number of hydrogen-bond donors (Lipinski definition) is 1. The van der Waals surface area contributed by atoms with Crippen molar-refractivity contribution in [3.8, 4) is 0 Å². The van der Waals surface area contributed by atoms with E-state index in [1.807, 2.05) is 48.8 Å². The van der Waals surface area contributed by atoms with Gasteiger partial charge in [0, 0.05) is 40.5 Å². The minimum atomic E-state index is 0.723. The molecule has 3 aromatic rings. The molecule has 5 heteroatoms. The van der Waals surface area contributed by atoms with Gasteiger partial charge in [0.1, 0.15) is 5.82 Å². The van der Waals surface area contributed by atoms with Crippen LogP contribution in [0.2, 0.25) is 5.02 Å². The lowest BCUT2D eigenvalue weighted by Gasteiger charge is -2.09. The summed E-state index contributed by atoms with van der Waals surface area (Å²) in [6, 6.07) is 13.8. The van der Waals surface area contributed by atoms with Crippen molar-refractivity contribution in [1.82, 2.24) is 9.55 Å². The Hall–Kier alpha value is -1.78. The smallest absolute Gasteiger partial charge is 0.113 e. The first-order valence-electron chi connectivity index (χ1n) is 6.89. The Morgan fingerprint density at radius 3 is 2.59 bits per heavy atom. The standard InChI is InChI=1S/C17H15BrClN3/c18-14-7-13(8-15(19)10-14)9-17-21-5-6-22(17)11-12-1-3-16(20)4-2-12/h1-8,10H,9,11,20H2. The lowest BCUT2D eigenvalue weighted by molar-refractivity contribution is 0.740. The van der Waals surface area contributed by atoms with Crippen LogP contribution in [-0.4, -0.2) is 9.55 Å². The molecule has 1 heterocycles. The number of benzene rings is 2. The van der Waals surface area contributed by atoms with Gasteiger partial charge in [0.2, 0.25) is 0 Å². The summed E-state index contributed by atoms with van der Waals surface area (Å²) in [6.45, 7) is 0.775. The summed E-state index contributed by atoms with van der Waals surface area (Å²) in [6.07, 6.45) is 4.55. The molecule has 0 bridgehead atoms. The molecule has 112 valence electrons. The van der Waals surface area contributed by atoms with Crippen molar-refractivity contribution in [2.75, 3.05) is 5.73 Å². The molecule has 0 aliphatic carbocycles. The van der Waals surface area contributed by atoms with Crippen LogP contribution in [-0.2, 0) is 13.0 Å². The SMILES string of the molecule is Nc1ccc(Cn2ccnc2Cc2cc(Cl)cc(Br)c2)cc1. The summed E-state index contributed by atoms with van der Waals surface area (Å²) in [5, 5.41) is 0.723. The molecule has 0 saturated carbocycles. The second-order valence-corrected chi connectivity index (χ2v) is 6.52. The zero-order valence-corrected chi connectivity index (χ0v) is 14.2. The highest BCUT2D eigenvalue weighted by Gasteiger charge is 2.06. The second kappa shape index (κ2) is 6.55. The van der Waals surface area contributed by atoms with E-state index in [1.54, 1.807) is 0 Å². The van der Waals surface area contributed by atoms with E-state index < -0.39 is 0 Å². The quantitative estimate of drug-likeness (QED) is 0.680. The predicted molar refractivity (Wildman–Crippen MR) is 94.1 cm³/mol. The molecule has 0 spiro atoms. The van der Waals surface area contributed by atoms with Gasteiger partial charge in [0.05, 0.1) is 0 Å². The van der Waals surface area contributed by atoms with Crippen molar-refractivity contribution in [2.45, 2.75) is 13.0 Å². The molecular weight excluding hydrogens is 362 g/mol. The fourth-order valence-electron chi connectivity index (χ4n) is 2.37. The average molecular weight is 377 g/mol. The van der Waals surface area contributed by atoms with Crippen molar-refractivity contribution in [3.05, 3.63) is 81.3 Å². The molecule has 0 fully saturated rings. The lowest BCUT2D eigenvalue weighted by Crippen LogP contribution is -2.05. The molecule has 0 radical (unpaired) electrons. The summed E-state index contributed by atoms with van der Waals surface area (Å²) in [7, 11) is 0. The molecule has 0 aliphatic heterocycles. The van der Waals surface area contributed by atoms with Crippen LogP contribution < -0.4 is 5.73 Å². The van der Waals surface area contributed by atoms with E-state index in [0.29, 0.717) is 0 Å². The molecule has 3 nitrogen and oxygen atoms in total. The fraction of sp³-hybridized carbons (Fsp3) is 0.118. The molecule has 22 heavy (non-hydrogen) atoms. The largest absolute Gasteiger partial charge is 0.399 e. The van der Waals surface area contributed by atoms with Gasteiger partial charge in [-0.3, -0.25) is 0 Å². The molecule has 2 aromatic carbocycles. The third-order valence-corrected chi connectivity index (χ3v) is 4.09. The van der Waals surface area contributed by atoms with Gasteiger partial charge in [0.15, 0.2) is 0 Å². The molecule has 0 atom stereocenters. The van der Waals surface area contributed by atoms with Crippen LogP contribution in [0.4, 0.5) is 5.69 Å². The highest BCUT2D eigenvalue weighted by molar-refractivity contribution is 9.10. The van der Waals surface area contributed by atoms with Crippen molar-refractivity contribution in [1.29, 1.82) is 0 Å². The van der Waals surface area contributed by atoms with Gasteiger partial charge in [-0.2, -0.15) is 0 Å². The summed E-state index contributed by atoms with van der Waals surface area (Å²) in [5.41, 5.74) is 8.82. The number of nitrogens with two attached hydrogens (primary N) is 1. The molecule has 0 amide bonds. The van der Waals surface area contributed by atoms with Gasteiger partial charge in [-0.05, 0) is 41.5 Å². The number of nitrogens with zero attached hydrogens (tertiary/aromatic N) is 2. The molecule has 3 rings (SSSR count). The predicted octanol–water partition coefficient (Wildman–Crippen LogP) is 4.52. The Kier molecular flexibility index (Phi) is 4.50. The average Bonchev–Trinajstić information content (AvgIpc) is 2.87. The van der Waals surface area contributed by atoms with E-state index in [2.05, 4.69) is 31.5 Å². The number of hydrogen-bond acceptors (Lipinski definition) is 2. The topological polar surface area (TPSA) is 43.8 Å². The van der Waals surface area contributed by atoms with Crippen LogP contribution in [0.3, 0.4) is 0 Å². The van der Waals surface area contributed by atoms with Crippen molar-refractivity contribution < 1.29 is 0 Å². The highest BCUT2D eigenvalue weighted by Crippen LogP contribution is 2.21. The second-order valence-electron chi connectivity index (χ2n) is 5.17. The van der Waals surface area contributed by atoms with Crippen LogP contribution in [0.1, 0.15) is 17.0 Å². The molecule has 0 saturated heterocycles. The molecular formula is C17H15BrClN3. The minimum Gasteiger partial charge on any atom is -0.399 e. The Morgan fingerprint density at radius 1 is 1.09 bits per heavy atom. The van der Waals surface area contributed by atoms with E-state index in [4.69, 9.17) is 17.3 Å². The van der Waals surface area contributed by atoms with E-state index in [0.717, 1.165) is 39.5 Å². The molecule has 0 aliphatic rings. The summed E-state index contributed by atoms with van der Waals surface area (Å²) in [5.74, 6) is 1.01. The number of anilines is 1. The summed E-state index contributed by atoms with van der Waals surface area (Å²) < 4.78 is 3.12. The Morgan fingerprint density at radius 2 is 1.86 bits per heavy atom. The first kappa shape index (κ1) is 15.1. The maximum atomic E-state index is 6.11. The van der Waals surface area contributed by atoms with E-state index in [1.165, 1.54) is 5.56 Å². The minimum absolute atomic E-state index is 0.723. The number of rotatable bonds is 4. The van der Waals surface area contributed by atoms with Gasteiger partial charge in [-0.25, -0.2) is 4.98 Å². The number of aromatic nitrogens is 2. The van der Waals surface area contributed by atoms with Crippen LogP contribution in [0.15, 0.2) is 59.3 Å². The number of imidazole rings is 1. The molecule has 0 unspecified atom stereocenters. The van der Waals surface area contributed by atoms with E-state index >= 15 is 0 Å². The van der Waals surface area contributed by atoms with Gasteiger partial charge in [0.25, 0.3) is 0 Å². The van der Waals surface area contributed by atoms with E-state index in [9.17, 15) is 0 Å². The zero-order valence-electron chi connectivity index (χ0n) is 11.8. The van der Waals surface area contributed by atoms with Gasteiger partial charge >= 0.3 is 0 Å². The summed E-state index contributed by atoms with van der Waals surface area (Å²) in [4.78, 5) is 4.46. The molecule has 1 aromatic heterocycles. The van der Waals surface area contributed by atoms with Gasteiger partial charge in [-0.15, -0.1) is 0 Å². The van der Waals surface area contributed by atoms with Crippen LogP contribution in [0, 0.1) is 0 Å². The van der Waals surface area contributed by atoms with Crippen molar-refractivity contribution in [3.63, 3.8) is 0 Å². The third kappa shape index (κ3) is 3.70. The lowest BCUT2D eigenvalue weighted by atomic mass is 10.1. The third-order valence-electron chi connectivity index (χ3n) is 3.42. The Bertz CT molecular complexity index is 761. The normalized spacial score (nSPS) is 10.8. The maximum absolute atomic E-state index is 6.11. The zero-order chi connectivity index (χ0) is 15.5. The monoisotopic (exact) mass is 375 g/mol. The maximum Gasteiger partial charge on any atom is 0.113 e. The van der Waals surface area contributed by atoms with Gasteiger partial charge < -0.3 is 10.3 Å². The van der Waals surface area contributed by atoms with Crippen molar-refractivity contribution in [2.24, 2.45) is 0 Å².